The average molecular weight is 282 g/mol. The molecule has 0 aromatic heterocycles. The summed E-state index contributed by atoms with van der Waals surface area (Å²) < 4.78 is 5.96. The number of hydrogen-bond acceptors (Lipinski definition) is 3. The summed E-state index contributed by atoms with van der Waals surface area (Å²) in [7, 11) is 0. The minimum Gasteiger partial charge on any atom is -0.375 e. The Hall–Kier alpha value is -1.10. The molecule has 2 fully saturated rings. The van der Waals surface area contributed by atoms with E-state index in [1.807, 2.05) is 0 Å². The van der Waals surface area contributed by atoms with Gasteiger partial charge in [0.1, 0.15) is 5.54 Å². The molecule has 0 radical (unpaired) electrons. The number of amides is 2. The molecule has 0 aliphatic carbocycles. The number of rotatable bonds is 3. The highest BCUT2D eigenvalue weighted by Gasteiger charge is 2.45. The van der Waals surface area contributed by atoms with Crippen LogP contribution in [0.2, 0.25) is 0 Å². The third kappa shape index (κ3) is 2.68. The Kier molecular flexibility index (Phi) is 4.09. The molecule has 0 aromatic carbocycles. The fraction of sp³-hybridized carbons (Fsp3) is 0.867. The van der Waals surface area contributed by atoms with Crippen LogP contribution in [0.15, 0.2) is 0 Å². The lowest BCUT2D eigenvalue weighted by atomic mass is 9.84. The van der Waals surface area contributed by atoms with Crippen molar-refractivity contribution in [3.05, 3.63) is 0 Å². The van der Waals surface area contributed by atoms with Crippen molar-refractivity contribution in [2.75, 3.05) is 13.2 Å². The second-order valence-electron chi connectivity index (χ2n) is 6.49. The van der Waals surface area contributed by atoms with Crippen molar-refractivity contribution in [3.8, 4) is 0 Å². The zero-order valence-corrected chi connectivity index (χ0v) is 13.0. The van der Waals surface area contributed by atoms with E-state index in [9.17, 15) is 9.59 Å². The Labute approximate surface area is 121 Å². The van der Waals surface area contributed by atoms with Crippen LogP contribution in [0.1, 0.15) is 53.4 Å². The topological polar surface area (TPSA) is 58.6 Å². The Bertz CT molecular complexity index is 402. The standard InChI is InChI=1S/C15H26N2O3/c1-5-15(6-2)9-11(7-8-20-15)17-10-12(18)16-14(3,4)13(17)19/h11H,5-10H2,1-4H3,(H,16,18). The van der Waals surface area contributed by atoms with Crippen molar-refractivity contribution in [3.63, 3.8) is 0 Å². The van der Waals surface area contributed by atoms with E-state index in [1.54, 1.807) is 18.7 Å². The lowest BCUT2D eigenvalue weighted by molar-refractivity contribution is -0.159. The van der Waals surface area contributed by atoms with Crippen molar-refractivity contribution in [2.45, 2.75) is 70.6 Å². The van der Waals surface area contributed by atoms with Crippen molar-refractivity contribution in [1.82, 2.24) is 10.2 Å². The van der Waals surface area contributed by atoms with Gasteiger partial charge in [-0.3, -0.25) is 9.59 Å². The first-order valence-electron chi connectivity index (χ1n) is 7.59. The van der Waals surface area contributed by atoms with Gasteiger partial charge in [-0.15, -0.1) is 0 Å². The van der Waals surface area contributed by atoms with Crippen LogP contribution in [-0.2, 0) is 14.3 Å². The van der Waals surface area contributed by atoms with Crippen LogP contribution < -0.4 is 5.32 Å². The second kappa shape index (κ2) is 5.35. The molecule has 5 nitrogen and oxygen atoms in total. The van der Waals surface area contributed by atoms with Crippen molar-refractivity contribution in [2.24, 2.45) is 0 Å². The molecule has 2 aliphatic heterocycles. The first-order valence-corrected chi connectivity index (χ1v) is 7.59. The molecular weight excluding hydrogens is 256 g/mol. The minimum atomic E-state index is -0.797. The fourth-order valence-electron chi connectivity index (χ4n) is 3.33. The van der Waals surface area contributed by atoms with E-state index < -0.39 is 5.54 Å². The van der Waals surface area contributed by atoms with Gasteiger partial charge in [0.2, 0.25) is 11.8 Å². The summed E-state index contributed by atoms with van der Waals surface area (Å²) in [5.41, 5.74) is -0.935. The lowest BCUT2D eigenvalue weighted by Crippen LogP contribution is -2.67. The van der Waals surface area contributed by atoms with Gasteiger partial charge < -0.3 is 15.0 Å². The van der Waals surface area contributed by atoms with E-state index in [0.29, 0.717) is 6.61 Å². The molecule has 2 aliphatic rings. The Morgan fingerprint density at radius 3 is 2.55 bits per heavy atom. The number of nitrogens with one attached hydrogen (secondary N) is 1. The van der Waals surface area contributed by atoms with Crippen LogP contribution >= 0.6 is 0 Å². The SMILES string of the molecule is CCC1(CC)CC(N2CC(=O)NC(C)(C)C2=O)CCO1. The first-order chi connectivity index (χ1) is 9.33. The maximum Gasteiger partial charge on any atom is 0.248 e. The maximum atomic E-state index is 12.5. The van der Waals surface area contributed by atoms with Crippen molar-refractivity contribution in [1.29, 1.82) is 0 Å². The van der Waals surface area contributed by atoms with Crippen LogP contribution in [0.25, 0.3) is 0 Å². The van der Waals surface area contributed by atoms with Crippen molar-refractivity contribution < 1.29 is 14.3 Å². The van der Waals surface area contributed by atoms with Gasteiger partial charge >= 0.3 is 0 Å². The minimum absolute atomic E-state index is 0.0186. The van der Waals surface area contributed by atoms with Crippen LogP contribution in [0.5, 0.6) is 0 Å². The average Bonchev–Trinajstić information content (AvgIpc) is 2.42. The summed E-state index contributed by atoms with van der Waals surface area (Å²) in [5, 5.41) is 2.76. The highest BCUT2D eigenvalue weighted by atomic mass is 16.5. The van der Waals surface area contributed by atoms with E-state index in [1.165, 1.54) is 0 Å². The third-order valence-corrected chi connectivity index (χ3v) is 4.76. The number of ether oxygens (including phenoxy) is 1. The summed E-state index contributed by atoms with van der Waals surface area (Å²) in [6.45, 7) is 8.63. The number of nitrogens with zero attached hydrogens (tertiary/aromatic N) is 1. The Balaban J connectivity index is 2.17. The summed E-state index contributed by atoms with van der Waals surface area (Å²) in [6.07, 6.45) is 3.53. The quantitative estimate of drug-likeness (QED) is 0.852. The molecule has 20 heavy (non-hydrogen) atoms. The highest BCUT2D eigenvalue weighted by molar-refractivity contribution is 5.97. The molecule has 0 bridgehead atoms. The van der Waals surface area contributed by atoms with E-state index in [2.05, 4.69) is 19.2 Å². The van der Waals surface area contributed by atoms with Gasteiger partial charge in [0.25, 0.3) is 0 Å². The fourth-order valence-corrected chi connectivity index (χ4v) is 3.33. The predicted molar refractivity (Wildman–Crippen MR) is 76.2 cm³/mol. The van der Waals surface area contributed by atoms with Gasteiger partial charge in [-0.2, -0.15) is 0 Å². The van der Waals surface area contributed by atoms with Crippen LogP contribution in [0.4, 0.5) is 0 Å². The largest absolute Gasteiger partial charge is 0.375 e. The van der Waals surface area contributed by atoms with Crippen LogP contribution in [-0.4, -0.2) is 47.0 Å². The number of carbonyl (C=O) groups is 2. The molecular formula is C15H26N2O3. The highest BCUT2D eigenvalue weighted by Crippen LogP contribution is 2.34. The van der Waals surface area contributed by atoms with Gasteiger partial charge in [-0.05, 0) is 39.5 Å². The number of carbonyl (C=O) groups excluding carboxylic acids is 2. The van der Waals surface area contributed by atoms with Gasteiger partial charge in [0.05, 0.1) is 12.1 Å². The first kappa shape index (κ1) is 15.3. The molecule has 5 heteroatoms. The van der Waals surface area contributed by atoms with Gasteiger partial charge in [-0.25, -0.2) is 0 Å². The molecule has 1 unspecified atom stereocenters. The van der Waals surface area contributed by atoms with Crippen LogP contribution in [0, 0.1) is 0 Å². The number of hydrogen-bond donors (Lipinski definition) is 1. The molecule has 0 spiro atoms. The molecule has 2 rings (SSSR count). The van der Waals surface area contributed by atoms with Gasteiger partial charge in [0.15, 0.2) is 0 Å². The van der Waals surface area contributed by atoms with Gasteiger partial charge in [0, 0.05) is 12.6 Å². The molecule has 2 saturated heterocycles. The van der Waals surface area contributed by atoms with Gasteiger partial charge in [-0.1, -0.05) is 13.8 Å². The monoisotopic (exact) mass is 282 g/mol. The molecule has 2 heterocycles. The molecule has 0 aromatic rings. The summed E-state index contributed by atoms with van der Waals surface area (Å²) >= 11 is 0. The summed E-state index contributed by atoms with van der Waals surface area (Å²) in [6, 6.07) is 0.112. The predicted octanol–water partition coefficient (Wildman–Crippen LogP) is 1.46. The molecule has 0 saturated carbocycles. The lowest BCUT2D eigenvalue weighted by Gasteiger charge is -2.47. The van der Waals surface area contributed by atoms with E-state index in [-0.39, 0.29) is 30.0 Å². The Morgan fingerprint density at radius 2 is 1.95 bits per heavy atom. The number of piperazine rings is 1. The van der Waals surface area contributed by atoms with E-state index in [0.717, 1.165) is 25.7 Å². The van der Waals surface area contributed by atoms with Crippen molar-refractivity contribution >= 4 is 11.8 Å². The molecule has 114 valence electrons. The molecule has 2 amide bonds. The maximum absolute atomic E-state index is 12.5. The van der Waals surface area contributed by atoms with Crippen LogP contribution in [0.3, 0.4) is 0 Å². The normalized spacial score (nSPS) is 29.2. The zero-order valence-electron chi connectivity index (χ0n) is 13.0. The molecule has 1 N–H and O–H groups in total. The smallest absolute Gasteiger partial charge is 0.248 e. The summed E-state index contributed by atoms with van der Waals surface area (Å²) in [5.74, 6) is -0.0511. The van der Waals surface area contributed by atoms with E-state index in [4.69, 9.17) is 4.74 Å². The second-order valence-corrected chi connectivity index (χ2v) is 6.49. The van der Waals surface area contributed by atoms with E-state index >= 15 is 0 Å². The zero-order chi connectivity index (χ0) is 15.0. The summed E-state index contributed by atoms with van der Waals surface area (Å²) in [4.78, 5) is 26.2. The molecule has 1 atom stereocenters. The Morgan fingerprint density at radius 1 is 1.30 bits per heavy atom. The third-order valence-electron chi connectivity index (χ3n) is 4.76.